The summed E-state index contributed by atoms with van der Waals surface area (Å²) >= 11 is 0. The molecule has 0 aliphatic rings. The van der Waals surface area contributed by atoms with Crippen LogP contribution in [0.15, 0.2) is 12.2 Å². The standard InChI is InChI=1S/C18H40N4/c1-3-5-11-19-15-9-17-21-13-7-8-14-22-18-10-16-20-12-6-4-2/h7-8,19-22H,3-6,9-18H2,1-2H3/b8-7+. The summed E-state index contributed by atoms with van der Waals surface area (Å²) < 4.78 is 0. The van der Waals surface area contributed by atoms with Crippen molar-refractivity contribution in [1.82, 2.24) is 21.3 Å². The molecule has 4 nitrogen and oxygen atoms in total. The Morgan fingerprint density at radius 3 is 1.27 bits per heavy atom. The largest absolute Gasteiger partial charge is 0.317 e. The summed E-state index contributed by atoms with van der Waals surface area (Å²) in [4.78, 5) is 0. The molecule has 0 unspecified atom stereocenters. The SMILES string of the molecule is CCCCNCCCNC/C=C/CNCCCNCCCC. The molecule has 0 radical (unpaired) electrons. The molecular weight excluding hydrogens is 272 g/mol. The van der Waals surface area contributed by atoms with Crippen LogP contribution in [0, 0.1) is 0 Å². The summed E-state index contributed by atoms with van der Waals surface area (Å²) in [5, 5.41) is 13.8. The molecule has 0 aromatic rings. The van der Waals surface area contributed by atoms with Gasteiger partial charge in [0.15, 0.2) is 0 Å². The molecule has 0 aliphatic carbocycles. The molecule has 0 spiro atoms. The maximum absolute atomic E-state index is 3.46. The van der Waals surface area contributed by atoms with Gasteiger partial charge in [-0.15, -0.1) is 0 Å². The van der Waals surface area contributed by atoms with Crippen LogP contribution in [0.5, 0.6) is 0 Å². The topological polar surface area (TPSA) is 48.1 Å². The Hall–Kier alpha value is -0.420. The summed E-state index contributed by atoms with van der Waals surface area (Å²) in [6, 6.07) is 0. The molecule has 0 atom stereocenters. The van der Waals surface area contributed by atoms with Gasteiger partial charge < -0.3 is 21.3 Å². The van der Waals surface area contributed by atoms with Crippen molar-refractivity contribution < 1.29 is 0 Å². The zero-order valence-electron chi connectivity index (χ0n) is 15.1. The second kappa shape index (κ2) is 20.6. The molecule has 0 aromatic carbocycles. The average Bonchev–Trinajstić information content (AvgIpc) is 2.54. The Balaban J connectivity index is 3.03. The minimum atomic E-state index is 0.981. The predicted octanol–water partition coefficient (Wildman–Crippen LogP) is 2.28. The number of hydrogen-bond donors (Lipinski definition) is 4. The molecule has 0 saturated heterocycles. The van der Waals surface area contributed by atoms with Gasteiger partial charge in [0.25, 0.3) is 0 Å². The minimum absolute atomic E-state index is 0.981. The Labute approximate surface area is 138 Å². The van der Waals surface area contributed by atoms with Gasteiger partial charge in [-0.05, 0) is 65.0 Å². The van der Waals surface area contributed by atoms with E-state index in [0.717, 1.165) is 52.4 Å². The second-order valence-electron chi connectivity index (χ2n) is 5.79. The lowest BCUT2D eigenvalue weighted by Crippen LogP contribution is -2.23. The molecule has 0 amide bonds. The molecule has 0 fully saturated rings. The molecule has 0 aromatic heterocycles. The van der Waals surface area contributed by atoms with Gasteiger partial charge in [0.2, 0.25) is 0 Å². The Morgan fingerprint density at radius 2 is 0.864 bits per heavy atom. The Kier molecular flexibility index (Phi) is 20.2. The molecule has 4 N–H and O–H groups in total. The zero-order chi connectivity index (χ0) is 16.1. The van der Waals surface area contributed by atoms with Gasteiger partial charge in [-0.1, -0.05) is 38.8 Å². The van der Waals surface area contributed by atoms with Crippen LogP contribution in [0.3, 0.4) is 0 Å². The van der Waals surface area contributed by atoms with Crippen LogP contribution >= 0.6 is 0 Å². The summed E-state index contributed by atoms with van der Waals surface area (Å²) in [5.41, 5.74) is 0. The third-order valence-electron chi connectivity index (χ3n) is 3.52. The predicted molar refractivity (Wildman–Crippen MR) is 99.7 cm³/mol. The van der Waals surface area contributed by atoms with E-state index in [0.29, 0.717) is 0 Å². The first-order valence-electron chi connectivity index (χ1n) is 9.39. The van der Waals surface area contributed by atoms with E-state index in [2.05, 4.69) is 47.3 Å². The van der Waals surface area contributed by atoms with Crippen LogP contribution in [-0.2, 0) is 0 Å². The van der Waals surface area contributed by atoms with Crippen LogP contribution in [0.2, 0.25) is 0 Å². The van der Waals surface area contributed by atoms with Gasteiger partial charge in [0, 0.05) is 13.1 Å². The maximum Gasteiger partial charge on any atom is 0.0135 e. The molecule has 0 rings (SSSR count). The number of unbranched alkanes of at least 4 members (excludes halogenated alkanes) is 2. The van der Waals surface area contributed by atoms with E-state index in [1.807, 2.05) is 0 Å². The second-order valence-corrected chi connectivity index (χ2v) is 5.79. The fraction of sp³-hybridized carbons (Fsp3) is 0.889. The highest BCUT2D eigenvalue weighted by molar-refractivity contribution is 4.85. The van der Waals surface area contributed by atoms with Gasteiger partial charge in [-0.2, -0.15) is 0 Å². The van der Waals surface area contributed by atoms with Gasteiger partial charge in [-0.3, -0.25) is 0 Å². The van der Waals surface area contributed by atoms with E-state index >= 15 is 0 Å². The van der Waals surface area contributed by atoms with Crippen LogP contribution in [0.25, 0.3) is 0 Å². The summed E-state index contributed by atoms with van der Waals surface area (Å²) in [7, 11) is 0. The molecule has 4 heteroatoms. The van der Waals surface area contributed by atoms with Crippen LogP contribution in [0.1, 0.15) is 52.4 Å². The highest BCUT2D eigenvalue weighted by Gasteiger charge is 1.89. The van der Waals surface area contributed by atoms with Crippen molar-refractivity contribution >= 4 is 0 Å². The summed E-state index contributed by atoms with van der Waals surface area (Å²) in [6.07, 6.45) is 12.0. The summed E-state index contributed by atoms with van der Waals surface area (Å²) in [5.74, 6) is 0. The number of rotatable bonds is 18. The third kappa shape index (κ3) is 19.6. The van der Waals surface area contributed by atoms with E-state index in [1.165, 1.54) is 38.5 Å². The van der Waals surface area contributed by atoms with Gasteiger partial charge in [0.05, 0.1) is 0 Å². The van der Waals surface area contributed by atoms with Crippen molar-refractivity contribution in [2.45, 2.75) is 52.4 Å². The average molecular weight is 313 g/mol. The first-order valence-corrected chi connectivity index (χ1v) is 9.39. The molecule has 132 valence electrons. The zero-order valence-corrected chi connectivity index (χ0v) is 15.1. The monoisotopic (exact) mass is 312 g/mol. The van der Waals surface area contributed by atoms with Gasteiger partial charge in [0.1, 0.15) is 0 Å². The molecule has 0 saturated carbocycles. The third-order valence-corrected chi connectivity index (χ3v) is 3.52. The van der Waals surface area contributed by atoms with Crippen LogP contribution in [-0.4, -0.2) is 52.4 Å². The van der Waals surface area contributed by atoms with Crippen LogP contribution in [0.4, 0.5) is 0 Å². The van der Waals surface area contributed by atoms with Crippen molar-refractivity contribution in [2.24, 2.45) is 0 Å². The number of hydrogen-bond acceptors (Lipinski definition) is 4. The summed E-state index contributed by atoms with van der Waals surface area (Å²) in [6.45, 7) is 13.2. The fourth-order valence-corrected chi connectivity index (χ4v) is 2.07. The molecule has 0 aliphatic heterocycles. The minimum Gasteiger partial charge on any atom is -0.317 e. The van der Waals surface area contributed by atoms with Crippen LogP contribution < -0.4 is 21.3 Å². The van der Waals surface area contributed by atoms with E-state index in [4.69, 9.17) is 0 Å². The van der Waals surface area contributed by atoms with Gasteiger partial charge >= 0.3 is 0 Å². The Bertz CT molecular complexity index is 197. The van der Waals surface area contributed by atoms with Crippen molar-refractivity contribution in [2.75, 3.05) is 52.4 Å². The van der Waals surface area contributed by atoms with Crippen molar-refractivity contribution in [3.8, 4) is 0 Å². The van der Waals surface area contributed by atoms with E-state index in [-0.39, 0.29) is 0 Å². The lowest BCUT2D eigenvalue weighted by molar-refractivity contribution is 0.592. The quantitative estimate of drug-likeness (QED) is 0.232. The molecule has 22 heavy (non-hydrogen) atoms. The van der Waals surface area contributed by atoms with E-state index in [9.17, 15) is 0 Å². The van der Waals surface area contributed by atoms with Gasteiger partial charge in [-0.25, -0.2) is 0 Å². The lowest BCUT2D eigenvalue weighted by Gasteiger charge is -2.05. The highest BCUT2D eigenvalue weighted by atomic mass is 14.9. The lowest BCUT2D eigenvalue weighted by atomic mass is 10.3. The highest BCUT2D eigenvalue weighted by Crippen LogP contribution is 1.83. The normalized spacial score (nSPS) is 11.5. The molecule has 0 heterocycles. The first kappa shape index (κ1) is 21.6. The number of nitrogens with one attached hydrogen (secondary N) is 4. The maximum atomic E-state index is 3.46. The van der Waals surface area contributed by atoms with Crippen molar-refractivity contribution in [3.63, 3.8) is 0 Å². The van der Waals surface area contributed by atoms with Crippen molar-refractivity contribution in [1.29, 1.82) is 0 Å². The van der Waals surface area contributed by atoms with E-state index in [1.54, 1.807) is 0 Å². The molecule has 0 bridgehead atoms. The van der Waals surface area contributed by atoms with Crippen molar-refractivity contribution in [3.05, 3.63) is 12.2 Å². The first-order chi connectivity index (χ1) is 10.9. The molecular formula is C18H40N4. The smallest absolute Gasteiger partial charge is 0.0135 e. The fourth-order valence-electron chi connectivity index (χ4n) is 2.07. The van der Waals surface area contributed by atoms with E-state index < -0.39 is 0 Å². The Morgan fingerprint density at radius 1 is 0.500 bits per heavy atom.